The molecular formula is C11H23ClN2O. The summed E-state index contributed by atoms with van der Waals surface area (Å²) in [5.41, 5.74) is 5.89. The van der Waals surface area contributed by atoms with Gasteiger partial charge in [-0.05, 0) is 32.6 Å². The van der Waals surface area contributed by atoms with Crippen molar-refractivity contribution in [2.45, 2.75) is 38.3 Å². The van der Waals surface area contributed by atoms with Gasteiger partial charge in [0.1, 0.15) is 0 Å². The molecule has 2 rings (SSSR count). The molecule has 0 bridgehead atoms. The molecule has 2 aliphatic rings. The van der Waals surface area contributed by atoms with Crippen molar-refractivity contribution in [2.75, 3.05) is 19.6 Å². The average molecular weight is 235 g/mol. The molecule has 0 aromatic carbocycles. The molecule has 3 nitrogen and oxygen atoms in total. The molecular weight excluding hydrogens is 212 g/mol. The zero-order valence-corrected chi connectivity index (χ0v) is 10.5. The first-order chi connectivity index (χ1) is 6.46. The van der Waals surface area contributed by atoms with E-state index in [4.69, 9.17) is 5.73 Å². The Morgan fingerprint density at radius 1 is 1.33 bits per heavy atom. The van der Waals surface area contributed by atoms with Crippen LogP contribution in [0.5, 0.6) is 0 Å². The van der Waals surface area contributed by atoms with Crippen LogP contribution in [0.4, 0.5) is 0 Å². The summed E-state index contributed by atoms with van der Waals surface area (Å²) < 4.78 is 0. The quantitative estimate of drug-likeness (QED) is 0.745. The van der Waals surface area contributed by atoms with Crippen LogP contribution in [0.2, 0.25) is 0 Å². The number of hydrogen-bond donors (Lipinski definition) is 2. The Kier molecular flexibility index (Phi) is 4.04. The normalized spacial score (nSPS) is 36.4. The first-order valence-corrected chi connectivity index (χ1v) is 5.65. The second-order valence-electron chi connectivity index (χ2n) is 5.75. The molecule has 1 aliphatic carbocycles. The third-order valence-corrected chi connectivity index (χ3v) is 3.53. The van der Waals surface area contributed by atoms with Crippen LogP contribution in [0.15, 0.2) is 0 Å². The molecule has 1 aliphatic heterocycles. The second-order valence-corrected chi connectivity index (χ2v) is 5.75. The van der Waals surface area contributed by atoms with Gasteiger partial charge in [0.25, 0.3) is 0 Å². The molecule has 0 spiro atoms. The van der Waals surface area contributed by atoms with Gasteiger partial charge in [0.05, 0.1) is 6.10 Å². The molecule has 4 heteroatoms. The summed E-state index contributed by atoms with van der Waals surface area (Å²) in [6.07, 6.45) is 2.16. The van der Waals surface area contributed by atoms with E-state index in [9.17, 15) is 5.11 Å². The van der Waals surface area contributed by atoms with Crippen LogP contribution in [-0.4, -0.2) is 41.3 Å². The summed E-state index contributed by atoms with van der Waals surface area (Å²) in [5.74, 6) is 1.25. The molecule has 0 aromatic heterocycles. The highest BCUT2D eigenvalue weighted by molar-refractivity contribution is 5.85. The van der Waals surface area contributed by atoms with Crippen LogP contribution >= 0.6 is 12.4 Å². The van der Waals surface area contributed by atoms with Crippen molar-refractivity contribution < 1.29 is 5.11 Å². The number of fused-ring (bicyclic) bond motifs is 1. The van der Waals surface area contributed by atoms with Gasteiger partial charge >= 0.3 is 0 Å². The maximum atomic E-state index is 9.76. The molecule has 0 aromatic rings. The van der Waals surface area contributed by atoms with E-state index in [2.05, 4.69) is 18.7 Å². The first-order valence-electron chi connectivity index (χ1n) is 5.65. The molecule has 1 saturated heterocycles. The van der Waals surface area contributed by atoms with Crippen LogP contribution in [0.1, 0.15) is 26.7 Å². The number of hydrogen-bond acceptors (Lipinski definition) is 3. The summed E-state index contributed by atoms with van der Waals surface area (Å²) in [4.78, 5) is 2.41. The lowest BCUT2D eigenvalue weighted by Crippen LogP contribution is -2.45. The van der Waals surface area contributed by atoms with Gasteiger partial charge in [-0.1, -0.05) is 0 Å². The van der Waals surface area contributed by atoms with E-state index in [1.54, 1.807) is 0 Å². The van der Waals surface area contributed by atoms with E-state index in [0.29, 0.717) is 5.92 Å². The summed E-state index contributed by atoms with van der Waals surface area (Å²) >= 11 is 0. The fourth-order valence-corrected chi connectivity index (χ4v) is 3.03. The highest BCUT2D eigenvalue weighted by Crippen LogP contribution is 2.38. The first kappa shape index (κ1) is 13.2. The maximum Gasteiger partial charge on any atom is 0.0583 e. The minimum atomic E-state index is -0.108. The van der Waals surface area contributed by atoms with Gasteiger partial charge in [0.2, 0.25) is 0 Å². The molecule has 1 heterocycles. The van der Waals surface area contributed by atoms with Crippen LogP contribution in [0, 0.1) is 11.8 Å². The third kappa shape index (κ3) is 3.06. The smallest absolute Gasteiger partial charge is 0.0583 e. The van der Waals surface area contributed by atoms with Crippen molar-refractivity contribution in [1.82, 2.24) is 4.90 Å². The van der Waals surface area contributed by atoms with E-state index in [1.807, 2.05) is 0 Å². The zero-order valence-electron chi connectivity index (χ0n) is 9.65. The highest BCUT2D eigenvalue weighted by atomic mass is 35.5. The Morgan fingerprint density at radius 2 is 2.00 bits per heavy atom. The maximum absolute atomic E-state index is 9.76. The van der Waals surface area contributed by atoms with E-state index in [0.717, 1.165) is 32.0 Å². The van der Waals surface area contributed by atoms with E-state index in [1.165, 1.54) is 6.42 Å². The topological polar surface area (TPSA) is 49.5 Å². The van der Waals surface area contributed by atoms with Crippen LogP contribution in [0.25, 0.3) is 0 Å². The minimum Gasteiger partial charge on any atom is -0.393 e. The Bertz CT molecular complexity index is 217. The van der Waals surface area contributed by atoms with E-state index in [-0.39, 0.29) is 24.0 Å². The fourth-order valence-electron chi connectivity index (χ4n) is 3.03. The zero-order chi connectivity index (χ0) is 10.3. The molecule has 0 radical (unpaired) electrons. The predicted octanol–water partition coefficient (Wildman–Crippen LogP) is 0.848. The van der Waals surface area contributed by atoms with Gasteiger partial charge < -0.3 is 15.7 Å². The van der Waals surface area contributed by atoms with Crippen molar-refractivity contribution in [1.29, 1.82) is 0 Å². The van der Waals surface area contributed by atoms with Crippen LogP contribution < -0.4 is 5.73 Å². The fraction of sp³-hybridized carbons (Fsp3) is 1.00. The monoisotopic (exact) mass is 234 g/mol. The SMILES string of the molecule is CC(C)(N)CN1CC2CCC(O)C2C1.Cl. The summed E-state index contributed by atoms with van der Waals surface area (Å²) in [6, 6.07) is 0. The van der Waals surface area contributed by atoms with Crippen LogP contribution in [-0.2, 0) is 0 Å². The lowest BCUT2D eigenvalue weighted by Gasteiger charge is -2.27. The highest BCUT2D eigenvalue weighted by Gasteiger charge is 2.42. The average Bonchev–Trinajstić information content (AvgIpc) is 2.51. The summed E-state index contributed by atoms with van der Waals surface area (Å²) in [6.45, 7) is 7.27. The number of halogens is 1. The van der Waals surface area contributed by atoms with Crippen molar-refractivity contribution in [3.8, 4) is 0 Å². The Labute approximate surface area is 98.4 Å². The van der Waals surface area contributed by atoms with Crippen molar-refractivity contribution in [2.24, 2.45) is 17.6 Å². The number of aliphatic hydroxyl groups is 1. The van der Waals surface area contributed by atoms with Gasteiger partial charge in [-0.25, -0.2) is 0 Å². The lowest BCUT2D eigenvalue weighted by atomic mass is 10.00. The third-order valence-electron chi connectivity index (χ3n) is 3.53. The van der Waals surface area contributed by atoms with Crippen molar-refractivity contribution >= 4 is 12.4 Å². The predicted molar refractivity (Wildman–Crippen MR) is 64.2 cm³/mol. The van der Waals surface area contributed by atoms with Gasteiger partial charge in [0, 0.05) is 31.1 Å². The molecule has 15 heavy (non-hydrogen) atoms. The van der Waals surface area contributed by atoms with Crippen molar-refractivity contribution in [3.05, 3.63) is 0 Å². The van der Waals surface area contributed by atoms with Crippen molar-refractivity contribution in [3.63, 3.8) is 0 Å². The molecule has 3 unspecified atom stereocenters. The van der Waals surface area contributed by atoms with E-state index >= 15 is 0 Å². The summed E-state index contributed by atoms with van der Waals surface area (Å²) in [5, 5.41) is 9.76. The summed E-state index contributed by atoms with van der Waals surface area (Å²) in [7, 11) is 0. The number of likely N-dealkylation sites (tertiary alicyclic amines) is 1. The number of rotatable bonds is 2. The number of nitrogens with zero attached hydrogens (tertiary/aromatic N) is 1. The Balaban J connectivity index is 0.00000112. The van der Waals surface area contributed by atoms with Gasteiger partial charge in [-0.15, -0.1) is 12.4 Å². The van der Waals surface area contributed by atoms with Gasteiger partial charge in [-0.3, -0.25) is 0 Å². The molecule has 3 N–H and O–H groups in total. The molecule has 2 fully saturated rings. The van der Waals surface area contributed by atoms with Gasteiger partial charge in [-0.2, -0.15) is 0 Å². The largest absolute Gasteiger partial charge is 0.393 e. The minimum absolute atomic E-state index is 0. The standard InChI is InChI=1S/C11H22N2O.ClH/c1-11(2,12)7-13-5-8-3-4-10(14)9(8)6-13;/h8-10,14H,3-7,12H2,1-2H3;1H. The second kappa shape index (κ2) is 4.58. The van der Waals surface area contributed by atoms with Crippen LogP contribution in [0.3, 0.4) is 0 Å². The molecule has 0 amide bonds. The Hall–Kier alpha value is 0.170. The molecule has 3 atom stereocenters. The number of aliphatic hydroxyl groups excluding tert-OH is 1. The lowest BCUT2D eigenvalue weighted by molar-refractivity contribution is 0.122. The van der Waals surface area contributed by atoms with Gasteiger partial charge in [0.15, 0.2) is 0 Å². The number of nitrogens with two attached hydrogens (primary N) is 1. The Morgan fingerprint density at radius 3 is 2.53 bits per heavy atom. The molecule has 90 valence electrons. The molecule has 1 saturated carbocycles. The van der Waals surface area contributed by atoms with E-state index < -0.39 is 0 Å².